The van der Waals surface area contributed by atoms with E-state index in [2.05, 4.69) is 230 Å². The van der Waals surface area contributed by atoms with Gasteiger partial charge in [-0.25, -0.2) is 4.98 Å². The average Bonchev–Trinajstić information content (AvgIpc) is 3.78. The van der Waals surface area contributed by atoms with E-state index in [1.807, 2.05) is 6.20 Å². The van der Waals surface area contributed by atoms with E-state index in [9.17, 15) is 0 Å². The second-order valence-corrected chi connectivity index (χ2v) is 20.6. The number of hydrogen-bond donors (Lipinski definition) is 1. The van der Waals surface area contributed by atoms with E-state index < -0.39 is 0 Å². The molecule has 1 N–H and O–H groups in total. The van der Waals surface area contributed by atoms with Crippen LogP contribution in [0.5, 0.6) is 0 Å². The topological polar surface area (TPSA) is 36.3 Å². The first kappa shape index (κ1) is 40.0. The standard InChI is InChI=1S/C54H61N5/c1-51(2,3)38-24-25-55-50(31-38)59-47-21-17-16-20-45(47)46-23-22-41(33-48(46)59)56-42-26-37(36-18-14-13-15-19-36)27-44(32-42)58-35-57(34-49(58)54(10,11)12)43-29-39(52(4,5)6)28-40(30-43)53(7,8)9/h13-34,56H,35H2,1-12H3. The maximum Gasteiger partial charge on any atom is 0.137 e. The van der Waals surface area contributed by atoms with Gasteiger partial charge in [-0.2, -0.15) is 0 Å². The van der Waals surface area contributed by atoms with Gasteiger partial charge in [0.2, 0.25) is 0 Å². The number of pyridine rings is 1. The Morgan fingerprint density at radius 2 is 1.14 bits per heavy atom. The van der Waals surface area contributed by atoms with Crippen molar-refractivity contribution in [3.05, 3.63) is 156 Å². The Morgan fingerprint density at radius 3 is 1.80 bits per heavy atom. The minimum Gasteiger partial charge on any atom is -0.355 e. The molecule has 5 aromatic carbocycles. The first-order chi connectivity index (χ1) is 27.7. The third-order valence-electron chi connectivity index (χ3n) is 11.8. The summed E-state index contributed by atoms with van der Waals surface area (Å²) in [5, 5.41) is 6.30. The normalized spacial score (nSPS) is 14.1. The van der Waals surface area contributed by atoms with Crippen molar-refractivity contribution >= 4 is 44.6 Å². The maximum absolute atomic E-state index is 4.93. The summed E-state index contributed by atoms with van der Waals surface area (Å²) >= 11 is 0. The zero-order valence-corrected chi connectivity index (χ0v) is 37.2. The Bertz CT molecular complexity index is 2670. The minimum atomic E-state index is -0.101. The number of anilines is 4. The van der Waals surface area contributed by atoms with Gasteiger partial charge in [-0.15, -0.1) is 0 Å². The van der Waals surface area contributed by atoms with Crippen LogP contribution in [0.4, 0.5) is 22.7 Å². The highest BCUT2D eigenvalue weighted by atomic mass is 15.4. The Labute approximate surface area is 352 Å². The largest absolute Gasteiger partial charge is 0.355 e. The molecule has 0 fully saturated rings. The van der Waals surface area contributed by atoms with E-state index in [4.69, 9.17) is 4.98 Å². The lowest BCUT2D eigenvalue weighted by Crippen LogP contribution is -2.31. The molecule has 3 heterocycles. The summed E-state index contributed by atoms with van der Waals surface area (Å²) < 4.78 is 2.32. The van der Waals surface area contributed by atoms with E-state index in [0.29, 0.717) is 6.67 Å². The molecule has 59 heavy (non-hydrogen) atoms. The van der Waals surface area contributed by atoms with Crippen LogP contribution in [0, 0.1) is 5.41 Å². The molecule has 302 valence electrons. The monoisotopic (exact) mass is 779 g/mol. The molecule has 0 unspecified atom stereocenters. The average molecular weight is 780 g/mol. The first-order valence-corrected chi connectivity index (χ1v) is 21.1. The van der Waals surface area contributed by atoms with Gasteiger partial charge in [-0.05, 0) is 105 Å². The molecule has 2 aromatic heterocycles. The van der Waals surface area contributed by atoms with Crippen molar-refractivity contribution in [2.45, 2.75) is 99.3 Å². The molecule has 0 saturated carbocycles. The van der Waals surface area contributed by atoms with Gasteiger partial charge in [0.1, 0.15) is 5.82 Å². The predicted molar refractivity (Wildman–Crippen MR) is 254 cm³/mol. The van der Waals surface area contributed by atoms with Gasteiger partial charge in [-0.1, -0.05) is 144 Å². The fourth-order valence-electron chi connectivity index (χ4n) is 8.21. The SMILES string of the molecule is CC(C)(C)C1=CN(c2cc(C(C)(C)C)cc(C(C)(C)C)c2)CN1c1cc(Nc2ccc3c4ccccc4n(-c4cc(C(C)(C)C)ccn4)c3c2)cc(-c2ccccc2)c1. The van der Waals surface area contributed by atoms with Gasteiger partial charge in [0.15, 0.2) is 0 Å². The van der Waals surface area contributed by atoms with Crippen molar-refractivity contribution in [1.29, 1.82) is 0 Å². The van der Waals surface area contributed by atoms with Crippen molar-refractivity contribution in [2.24, 2.45) is 5.41 Å². The van der Waals surface area contributed by atoms with Crippen LogP contribution in [0.15, 0.2) is 139 Å². The first-order valence-electron chi connectivity index (χ1n) is 21.1. The Hall–Kier alpha value is -5.81. The lowest BCUT2D eigenvalue weighted by molar-refractivity contribution is 0.492. The predicted octanol–water partition coefficient (Wildman–Crippen LogP) is 14.7. The lowest BCUT2D eigenvalue weighted by Gasteiger charge is -2.32. The summed E-state index contributed by atoms with van der Waals surface area (Å²) in [6.45, 7) is 28.3. The molecule has 8 rings (SSSR count). The Balaban J connectivity index is 1.24. The minimum absolute atomic E-state index is 0.00485. The van der Waals surface area contributed by atoms with Crippen LogP contribution >= 0.6 is 0 Å². The number of rotatable bonds is 6. The van der Waals surface area contributed by atoms with E-state index in [-0.39, 0.29) is 21.7 Å². The molecule has 1 aliphatic heterocycles. The molecule has 0 saturated heterocycles. The molecule has 0 amide bonds. The molecular weight excluding hydrogens is 719 g/mol. The van der Waals surface area contributed by atoms with Gasteiger partial charge >= 0.3 is 0 Å². The number of nitrogens with one attached hydrogen (secondary N) is 1. The second-order valence-electron chi connectivity index (χ2n) is 20.6. The lowest BCUT2D eigenvalue weighted by atomic mass is 9.80. The van der Waals surface area contributed by atoms with E-state index in [0.717, 1.165) is 33.9 Å². The zero-order valence-electron chi connectivity index (χ0n) is 37.2. The smallest absolute Gasteiger partial charge is 0.137 e. The van der Waals surface area contributed by atoms with Crippen molar-refractivity contribution in [1.82, 2.24) is 9.55 Å². The number of fused-ring (bicyclic) bond motifs is 3. The third-order valence-corrected chi connectivity index (χ3v) is 11.8. The summed E-state index contributed by atoms with van der Waals surface area (Å²) in [5.41, 5.74) is 14.3. The van der Waals surface area contributed by atoms with Crippen molar-refractivity contribution in [3.8, 4) is 16.9 Å². The number of allylic oxidation sites excluding steroid dienone is 1. The summed E-state index contributed by atoms with van der Waals surface area (Å²) in [6, 6.07) is 44.7. The highest BCUT2D eigenvalue weighted by Gasteiger charge is 2.33. The fraction of sp³-hybridized carbons (Fsp3) is 0.315. The number of benzene rings is 5. The van der Waals surface area contributed by atoms with E-state index in [1.54, 1.807) is 0 Å². The van der Waals surface area contributed by atoms with Gasteiger partial charge in [0.25, 0.3) is 0 Å². The van der Waals surface area contributed by atoms with Crippen LogP contribution in [0.2, 0.25) is 0 Å². The van der Waals surface area contributed by atoms with Gasteiger partial charge in [-0.3, -0.25) is 4.57 Å². The summed E-state index contributed by atoms with van der Waals surface area (Å²) in [5.74, 6) is 0.928. The molecule has 1 aliphatic rings. The summed E-state index contributed by atoms with van der Waals surface area (Å²) in [7, 11) is 0. The molecule has 0 aliphatic carbocycles. The van der Waals surface area contributed by atoms with Crippen LogP contribution in [0.3, 0.4) is 0 Å². The summed E-state index contributed by atoms with van der Waals surface area (Å²) in [4.78, 5) is 9.88. The summed E-state index contributed by atoms with van der Waals surface area (Å²) in [6.07, 6.45) is 4.33. The van der Waals surface area contributed by atoms with Crippen LogP contribution in [0.1, 0.15) is 99.8 Å². The number of nitrogens with zero attached hydrogens (tertiary/aromatic N) is 4. The number of hydrogen-bond acceptors (Lipinski definition) is 4. The maximum atomic E-state index is 4.93. The number of aromatic nitrogens is 2. The quantitative estimate of drug-likeness (QED) is 0.182. The molecular formula is C54H61N5. The van der Waals surface area contributed by atoms with Crippen molar-refractivity contribution < 1.29 is 0 Å². The molecule has 7 aromatic rings. The van der Waals surface area contributed by atoms with Crippen LogP contribution in [0.25, 0.3) is 38.8 Å². The van der Waals surface area contributed by atoms with Crippen LogP contribution in [-0.2, 0) is 16.2 Å². The zero-order chi connectivity index (χ0) is 42.1. The Morgan fingerprint density at radius 1 is 0.492 bits per heavy atom. The molecule has 0 radical (unpaired) electrons. The van der Waals surface area contributed by atoms with Gasteiger partial charge in [0.05, 0.1) is 17.7 Å². The van der Waals surface area contributed by atoms with Crippen molar-refractivity contribution in [2.75, 3.05) is 21.8 Å². The van der Waals surface area contributed by atoms with E-state index in [1.165, 1.54) is 50.0 Å². The Kier molecular flexibility index (Phi) is 9.81. The highest BCUT2D eigenvalue weighted by Crippen LogP contribution is 2.43. The third kappa shape index (κ3) is 8.00. The van der Waals surface area contributed by atoms with Gasteiger partial charge < -0.3 is 15.1 Å². The van der Waals surface area contributed by atoms with Gasteiger partial charge in [0, 0.05) is 57.0 Å². The fourth-order valence-corrected chi connectivity index (χ4v) is 8.21. The molecule has 5 heteroatoms. The van der Waals surface area contributed by atoms with Crippen LogP contribution < -0.4 is 15.1 Å². The van der Waals surface area contributed by atoms with Crippen molar-refractivity contribution in [3.63, 3.8) is 0 Å². The van der Waals surface area contributed by atoms with Crippen LogP contribution in [-0.4, -0.2) is 16.2 Å². The van der Waals surface area contributed by atoms with E-state index >= 15 is 0 Å². The molecule has 0 atom stereocenters. The highest BCUT2D eigenvalue weighted by molar-refractivity contribution is 6.10. The molecule has 0 bridgehead atoms. The second kappa shape index (κ2) is 14.5. The number of para-hydroxylation sites is 1. The molecule has 5 nitrogen and oxygen atoms in total. The molecule has 0 spiro atoms.